The molecule has 0 radical (unpaired) electrons. The lowest BCUT2D eigenvalue weighted by Crippen LogP contribution is -2.57. The van der Waals surface area contributed by atoms with E-state index in [0.717, 1.165) is 19.6 Å². The molecule has 0 saturated carbocycles. The van der Waals surface area contributed by atoms with Gasteiger partial charge in [-0.2, -0.15) is 5.10 Å². The van der Waals surface area contributed by atoms with Crippen molar-refractivity contribution in [1.82, 2.24) is 24.9 Å². The summed E-state index contributed by atoms with van der Waals surface area (Å²) in [6.45, 7) is 12.5. The Morgan fingerprint density at radius 2 is 1.90 bits per heavy atom. The Morgan fingerprint density at radius 1 is 1.25 bits per heavy atom. The van der Waals surface area contributed by atoms with Crippen molar-refractivity contribution in [2.45, 2.75) is 32.4 Å². The van der Waals surface area contributed by atoms with Crippen LogP contribution in [-0.4, -0.2) is 64.9 Å². The second kappa shape index (κ2) is 6.24. The third kappa shape index (κ3) is 3.81. The first kappa shape index (κ1) is 15.5. The van der Waals surface area contributed by atoms with Gasteiger partial charge in [0.05, 0.1) is 6.20 Å². The second-order valence-electron chi connectivity index (χ2n) is 6.65. The number of piperazine rings is 1. The zero-order valence-electron chi connectivity index (χ0n) is 13.6. The minimum Gasteiger partial charge on any atom is -0.308 e. The number of nitrogens with one attached hydrogen (secondary N) is 1. The molecule has 1 aromatic heterocycles. The van der Waals surface area contributed by atoms with Crippen molar-refractivity contribution in [2.75, 3.05) is 39.8 Å². The summed E-state index contributed by atoms with van der Waals surface area (Å²) in [7, 11) is 4.16. The summed E-state index contributed by atoms with van der Waals surface area (Å²) in [5.74, 6) is 0. The van der Waals surface area contributed by atoms with Crippen molar-refractivity contribution in [3.63, 3.8) is 0 Å². The minimum atomic E-state index is 0.192. The maximum Gasteiger partial charge on any atom is 0.0537 e. The fraction of sp³-hybridized carbons (Fsp3) is 0.800. The van der Waals surface area contributed by atoms with Gasteiger partial charge in [-0.25, -0.2) is 0 Å². The smallest absolute Gasteiger partial charge is 0.0537 e. The predicted octanol–water partition coefficient (Wildman–Crippen LogP) is 1.10. The number of aryl methyl sites for hydroxylation is 1. The Hall–Kier alpha value is -0.910. The standard InChI is InChI=1S/C15H29N5/c1-13(14-10-17-19(5)11-14)16-12-15(2,3)20-8-6-18(4)7-9-20/h10-11,13,16H,6-9,12H2,1-5H3. The molecule has 1 atom stereocenters. The Labute approximate surface area is 122 Å². The topological polar surface area (TPSA) is 36.3 Å². The van der Waals surface area contributed by atoms with Crippen LogP contribution in [0.15, 0.2) is 12.4 Å². The summed E-state index contributed by atoms with van der Waals surface area (Å²) in [5.41, 5.74) is 1.44. The summed E-state index contributed by atoms with van der Waals surface area (Å²) in [5, 5.41) is 7.89. The quantitative estimate of drug-likeness (QED) is 0.875. The number of aromatic nitrogens is 2. The Balaban J connectivity index is 1.85. The molecule has 1 saturated heterocycles. The molecule has 1 unspecified atom stereocenters. The summed E-state index contributed by atoms with van der Waals surface area (Å²) in [6, 6.07) is 0.343. The molecule has 2 heterocycles. The number of likely N-dealkylation sites (N-methyl/N-ethyl adjacent to an activating group) is 1. The summed E-state index contributed by atoms with van der Waals surface area (Å²) < 4.78 is 1.86. The lowest BCUT2D eigenvalue weighted by Gasteiger charge is -2.43. The molecule has 0 amide bonds. The molecule has 1 aromatic rings. The Morgan fingerprint density at radius 3 is 2.45 bits per heavy atom. The SMILES string of the molecule is CC(NCC(C)(C)N1CCN(C)CC1)c1cnn(C)c1. The first-order valence-corrected chi connectivity index (χ1v) is 7.54. The van der Waals surface area contributed by atoms with E-state index in [2.05, 4.69) is 54.2 Å². The van der Waals surface area contributed by atoms with Crippen LogP contribution in [0.5, 0.6) is 0 Å². The zero-order chi connectivity index (χ0) is 14.8. The van der Waals surface area contributed by atoms with E-state index in [4.69, 9.17) is 0 Å². The monoisotopic (exact) mass is 279 g/mol. The molecule has 1 fully saturated rings. The van der Waals surface area contributed by atoms with Crippen LogP contribution in [0.4, 0.5) is 0 Å². The van der Waals surface area contributed by atoms with Gasteiger partial charge >= 0.3 is 0 Å². The van der Waals surface area contributed by atoms with E-state index in [-0.39, 0.29) is 5.54 Å². The van der Waals surface area contributed by atoms with Crippen LogP contribution in [0.1, 0.15) is 32.4 Å². The third-order valence-electron chi connectivity index (χ3n) is 4.43. The van der Waals surface area contributed by atoms with Crippen molar-refractivity contribution in [2.24, 2.45) is 7.05 Å². The molecule has 2 rings (SSSR count). The fourth-order valence-corrected chi connectivity index (χ4v) is 2.71. The van der Waals surface area contributed by atoms with E-state index in [9.17, 15) is 0 Å². The molecular formula is C15H29N5. The molecule has 0 aromatic carbocycles. The van der Waals surface area contributed by atoms with E-state index in [0.29, 0.717) is 6.04 Å². The van der Waals surface area contributed by atoms with Gasteiger partial charge in [0.25, 0.3) is 0 Å². The van der Waals surface area contributed by atoms with Gasteiger partial charge in [0.2, 0.25) is 0 Å². The van der Waals surface area contributed by atoms with Crippen LogP contribution in [-0.2, 0) is 7.05 Å². The maximum atomic E-state index is 4.24. The van der Waals surface area contributed by atoms with Crippen LogP contribution in [0.25, 0.3) is 0 Å². The average molecular weight is 279 g/mol. The van der Waals surface area contributed by atoms with Gasteiger partial charge < -0.3 is 10.2 Å². The maximum absolute atomic E-state index is 4.24. The van der Waals surface area contributed by atoms with E-state index in [1.807, 2.05) is 17.9 Å². The summed E-state index contributed by atoms with van der Waals surface area (Å²) in [6.07, 6.45) is 4.03. The van der Waals surface area contributed by atoms with Crippen molar-refractivity contribution < 1.29 is 0 Å². The predicted molar refractivity (Wildman–Crippen MR) is 82.8 cm³/mol. The van der Waals surface area contributed by atoms with Crippen molar-refractivity contribution in [1.29, 1.82) is 0 Å². The van der Waals surface area contributed by atoms with Gasteiger partial charge in [-0.1, -0.05) is 0 Å². The van der Waals surface area contributed by atoms with E-state index < -0.39 is 0 Å². The van der Waals surface area contributed by atoms with Gasteiger partial charge in [0.15, 0.2) is 0 Å². The average Bonchev–Trinajstić information content (AvgIpc) is 2.83. The van der Waals surface area contributed by atoms with Gasteiger partial charge in [-0.3, -0.25) is 9.58 Å². The number of hydrogen-bond acceptors (Lipinski definition) is 4. The zero-order valence-corrected chi connectivity index (χ0v) is 13.6. The van der Waals surface area contributed by atoms with Crippen molar-refractivity contribution >= 4 is 0 Å². The molecule has 5 nitrogen and oxygen atoms in total. The number of rotatable bonds is 5. The molecule has 0 spiro atoms. The Kier molecular flexibility index (Phi) is 4.83. The highest BCUT2D eigenvalue weighted by Crippen LogP contribution is 2.18. The number of hydrogen-bond donors (Lipinski definition) is 1. The molecule has 0 bridgehead atoms. The minimum absolute atomic E-state index is 0.192. The van der Waals surface area contributed by atoms with Gasteiger partial charge in [0.1, 0.15) is 0 Å². The Bertz CT molecular complexity index is 418. The molecule has 114 valence electrons. The molecule has 1 N–H and O–H groups in total. The highest BCUT2D eigenvalue weighted by atomic mass is 15.3. The van der Waals surface area contributed by atoms with Crippen molar-refractivity contribution in [3.8, 4) is 0 Å². The third-order valence-corrected chi connectivity index (χ3v) is 4.43. The van der Waals surface area contributed by atoms with Crippen molar-refractivity contribution in [3.05, 3.63) is 18.0 Å². The van der Waals surface area contributed by atoms with Crippen LogP contribution >= 0.6 is 0 Å². The van der Waals surface area contributed by atoms with Crippen LogP contribution in [0, 0.1) is 0 Å². The van der Waals surface area contributed by atoms with Crippen LogP contribution < -0.4 is 5.32 Å². The highest BCUT2D eigenvalue weighted by molar-refractivity contribution is 5.09. The first-order valence-electron chi connectivity index (χ1n) is 7.54. The van der Waals surface area contributed by atoms with E-state index >= 15 is 0 Å². The molecule has 0 aliphatic carbocycles. The molecule has 20 heavy (non-hydrogen) atoms. The summed E-state index contributed by atoms with van der Waals surface area (Å²) in [4.78, 5) is 4.99. The molecule has 5 heteroatoms. The first-order chi connectivity index (χ1) is 9.38. The van der Waals surface area contributed by atoms with Crippen LogP contribution in [0.3, 0.4) is 0 Å². The summed E-state index contributed by atoms with van der Waals surface area (Å²) >= 11 is 0. The largest absolute Gasteiger partial charge is 0.308 e. The molecule has 1 aliphatic heterocycles. The van der Waals surface area contributed by atoms with Crippen LogP contribution in [0.2, 0.25) is 0 Å². The molecule has 1 aliphatic rings. The lowest BCUT2D eigenvalue weighted by molar-refractivity contribution is 0.0605. The highest BCUT2D eigenvalue weighted by Gasteiger charge is 2.29. The van der Waals surface area contributed by atoms with E-state index in [1.165, 1.54) is 18.7 Å². The fourth-order valence-electron chi connectivity index (χ4n) is 2.71. The van der Waals surface area contributed by atoms with Gasteiger partial charge in [-0.05, 0) is 27.8 Å². The molecular weight excluding hydrogens is 250 g/mol. The lowest BCUT2D eigenvalue weighted by atomic mass is 10.0. The normalized spacial score (nSPS) is 20.2. The second-order valence-corrected chi connectivity index (χ2v) is 6.65. The number of nitrogens with zero attached hydrogens (tertiary/aromatic N) is 4. The van der Waals surface area contributed by atoms with E-state index in [1.54, 1.807) is 0 Å². The van der Waals surface area contributed by atoms with Gasteiger partial charge in [0, 0.05) is 63.1 Å². The van der Waals surface area contributed by atoms with Gasteiger partial charge in [-0.15, -0.1) is 0 Å².